The first-order valence-electron chi connectivity index (χ1n) is 13.5. The summed E-state index contributed by atoms with van der Waals surface area (Å²) in [5.41, 5.74) is -4.23. The first-order chi connectivity index (χ1) is 18.3. The van der Waals surface area contributed by atoms with Crippen LogP contribution >= 0.6 is 0 Å². The lowest BCUT2D eigenvalue weighted by Gasteiger charge is -2.34. The summed E-state index contributed by atoms with van der Waals surface area (Å²) in [6, 6.07) is 7.98. The minimum Gasteiger partial charge on any atom is -0.388 e. The third-order valence-corrected chi connectivity index (χ3v) is 7.29. The Morgan fingerprint density at radius 1 is 1.03 bits per heavy atom. The van der Waals surface area contributed by atoms with E-state index in [2.05, 4.69) is 10.0 Å². The molecule has 10 heteroatoms. The summed E-state index contributed by atoms with van der Waals surface area (Å²) < 4.78 is 113. The van der Waals surface area contributed by atoms with Crippen LogP contribution in [-0.4, -0.2) is 31.1 Å². The first kappa shape index (κ1) is 18.8. The highest BCUT2D eigenvalue weighted by Gasteiger charge is 2.35. The fourth-order valence-electron chi connectivity index (χ4n) is 3.92. The Labute approximate surface area is 206 Å². The molecule has 2 aromatic carbocycles. The van der Waals surface area contributed by atoms with Gasteiger partial charge in [0.1, 0.15) is 0 Å². The fourth-order valence-corrected chi connectivity index (χ4v) is 5.22. The normalized spacial score (nSPS) is 23.9. The van der Waals surface area contributed by atoms with Gasteiger partial charge in [0.15, 0.2) is 0 Å². The minimum absolute atomic E-state index is 0.0728. The van der Waals surface area contributed by atoms with Crippen molar-refractivity contribution in [2.45, 2.75) is 68.1 Å². The zero-order chi connectivity index (χ0) is 30.1. The van der Waals surface area contributed by atoms with Gasteiger partial charge < -0.3 is 10.4 Å². The van der Waals surface area contributed by atoms with E-state index < -0.39 is 65.0 Å². The largest absolute Gasteiger partial charge is 0.416 e. The van der Waals surface area contributed by atoms with E-state index in [0.717, 1.165) is 12.1 Å². The average Bonchev–Trinajstić information content (AvgIpc) is 2.85. The highest BCUT2D eigenvalue weighted by Crippen LogP contribution is 2.31. The van der Waals surface area contributed by atoms with E-state index in [1.165, 1.54) is 24.3 Å². The fraction of sp³-hybridized carbons (Fsp3) is 0.458. The Morgan fingerprint density at radius 3 is 2.15 bits per heavy atom. The molecule has 1 amide bonds. The summed E-state index contributed by atoms with van der Waals surface area (Å²) in [5, 5.41) is 13.5. The Kier molecular flexibility index (Phi) is 5.57. The lowest BCUT2D eigenvalue weighted by molar-refractivity contribution is -0.137. The van der Waals surface area contributed by atoms with Gasteiger partial charge in [-0.3, -0.25) is 4.79 Å². The predicted octanol–water partition coefficient (Wildman–Crippen LogP) is 4.17. The van der Waals surface area contributed by atoms with E-state index in [-0.39, 0.29) is 36.1 Å². The van der Waals surface area contributed by atoms with Crippen LogP contribution in [0.3, 0.4) is 0 Å². The molecule has 3 rings (SSSR count). The molecule has 1 aliphatic rings. The highest BCUT2D eigenvalue weighted by atomic mass is 32.2. The van der Waals surface area contributed by atoms with Crippen molar-refractivity contribution in [2.24, 2.45) is 5.92 Å². The quantitative estimate of drug-likeness (QED) is 0.491. The lowest BCUT2D eigenvalue weighted by Crippen LogP contribution is -2.46. The van der Waals surface area contributed by atoms with Crippen LogP contribution in [0.5, 0.6) is 0 Å². The third kappa shape index (κ3) is 6.58. The molecule has 1 aliphatic carbocycles. The molecule has 1 saturated carbocycles. The van der Waals surface area contributed by atoms with Gasteiger partial charge in [0.25, 0.3) is 0 Å². The number of sulfonamides is 1. The van der Waals surface area contributed by atoms with Gasteiger partial charge in [0, 0.05) is 20.2 Å². The predicted molar refractivity (Wildman–Crippen MR) is 121 cm³/mol. The van der Waals surface area contributed by atoms with Crippen LogP contribution in [0.15, 0.2) is 59.5 Å². The van der Waals surface area contributed by atoms with Crippen molar-refractivity contribution in [2.75, 3.05) is 0 Å². The Balaban J connectivity index is 1.72. The first-order valence-corrected chi connectivity index (χ1v) is 12.0. The van der Waals surface area contributed by atoms with E-state index in [1.807, 2.05) is 0 Å². The van der Waals surface area contributed by atoms with Gasteiger partial charge in [0.2, 0.25) is 15.9 Å². The second-order valence-corrected chi connectivity index (χ2v) is 10.0. The number of amides is 1. The molecule has 34 heavy (non-hydrogen) atoms. The molecular weight excluding hydrogens is 471 g/mol. The van der Waals surface area contributed by atoms with Crippen molar-refractivity contribution in [1.82, 2.24) is 10.0 Å². The maximum Gasteiger partial charge on any atom is 0.416 e. The zero-order valence-electron chi connectivity index (χ0n) is 24.0. The van der Waals surface area contributed by atoms with Crippen LogP contribution < -0.4 is 10.0 Å². The van der Waals surface area contributed by atoms with Gasteiger partial charge in [-0.2, -0.15) is 13.2 Å². The van der Waals surface area contributed by atoms with Gasteiger partial charge in [-0.05, 0) is 69.2 Å². The number of halogens is 3. The number of hydrogen-bond donors (Lipinski definition) is 3. The molecule has 186 valence electrons. The SMILES string of the molecule is [2H][13C]([2H])([2H])C(O)([C@@H](NC(=O)C1CCC(NS(=O)(=O)c2ccc(C(F)(F)F)cc2)CC1)c1ccccc1)[13C]([2H])([2H])[2H]. The zero-order valence-corrected chi connectivity index (χ0v) is 18.8. The molecule has 1 atom stereocenters. The minimum atomic E-state index is -4.61. The van der Waals surface area contributed by atoms with E-state index >= 15 is 0 Å². The van der Waals surface area contributed by atoms with Crippen molar-refractivity contribution >= 4 is 15.9 Å². The maximum absolute atomic E-state index is 13.2. The maximum atomic E-state index is 13.2. The van der Waals surface area contributed by atoms with Crippen LogP contribution in [0, 0.1) is 5.92 Å². The van der Waals surface area contributed by atoms with Gasteiger partial charge in [0.05, 0.1) is 22.1 Å². The van der Waals surface area contributed by atoms with Crippen LogP contribution in [0.4, 0.5) is 13.2 Å². The second kappa shape index (κ2) is 10.1. The molecule has 1 fully saturated rings. The smallest absolute Gasteiger partial charge is 0.388 e. The molecule has 0 radical (unpaired) electrons. The van der Waals surface area contributed by atoms with E-state index in [0.29, 0.717) is 12.1 Å². The second-order valence-electron chi connectivity index (χ2n) is 8.31. The molecule has 0 spiro atoms. The van der Waals surface area contributed by atoms with Gasteiger partial charge >= 0.3 is 6.18 Å². The van der Waals surface area contributed by atoms with Crippen molar-refractivity contribution in [1.29, 1.82) is 0 Å². The number of nitrogens with one attached hydrogen (secondary N) is 2. The van der Waals surface area contributed by atoms with Gasteiger partial charge in [-0.1, -0.05) is 30.3 Å². The average molecular weight is 507 g/mol. The molecule has 0 saturated heterocycles. The van der Waals surface area contributed by atoms with Crippen LogP contribution in [-0.2, 0) is 21.0 Å². The summed E-state index contributed by atoms with van der Waals surface area (Å²) >= 11 is 0. The monoisotopic (exact) mass is 506 g/mol. The molecule has 6 nitrogen and oxygen atoms in total. The summed E-state index contributed by atoms with van der Waals surface area (Å²) in [7, 11) is -4.14. The lowest BCUT2D eigenvalue weighted by atomic mass is 9.85. The number of hydrogen-bond acceptors (Lipinski definition) is 4. The topological polar surface area (TPSA) is 95.5 Å². The Hall–Kier alpha value is -2.43. The molecule has 0 bridgehead atoms. The van der Waals surface area contributed by atoms with Gasteiger partial charge in [-0.15, -0.1) is 0 Å². The standard InChI is InChI=1S/C24H29F3N2O4S/c1-23(2,31)21(16-6-4-3-5-7-16)28-22(30)17-8-12-19(13-9-17)29-34(32,33)20-14-10-18(11-15-20)24(25,26)27/h3-7,10-11,14-15,17,19,21,29,31H,8-9,12-13H2,1-2H3,(H,28,30)/t17?,19?,21-/m0/s1/i1+1D3,2+1D3. The molecule has 0 aromatic heterocycles. The van der Waals surface area contributed by atoms with E-state index in [4.69, 9.17) is 8.22 Å². The molecule has 2 aromatic rings. The number of carbonyl (C=O) groups is 1. The van der Waals surface area contributed by atoms with Gasteiger partial charge in [-0.25, -0.2) is 13.1 Å². The number of benzene rings is 2. The number of carbonyl (C=O) groups excluding carboxylic acids is 1. The highest BCUT2D eigenvalue weighted by molar-refractivity contribution is 7.89. The van der Waals surface area contributed by atoms with Crippen molar-refractivity contribution in [3.63, 3.8) is 0 Å². The summed E-state index contributed by atoms with van der Waals surface area (Å²) in [4.78, 5) is 12.8. The molecule has 3 N–H and O–H groups in total. The number of aliphatic hydroxyl groups is 1. The Morgan fingerprint density at radius 2 is 1.62 bits per heavy atom. The van der Waals surface area contributed by atoms with Crippen molar-refractivity contribution < 1.29 is 39.7 Å². The van der Waals surface area contributed by atoms with Crippen molar-refractivity contribution in [3.8, 4) is 0 Å². The molecular formula is C24H29F3N2O4S. The molecule has 0 heterocycles. The van der Waals surface area contributed by atoms with Crippen LogP contribution in [0.1, 0.15) is 64.8 Å². The molecule has 0 unspecified atom stereocenters. The number of alkyl halides is 3. The number of rotatable bonds is 7. The van der Waals surface area contributed by atoms with E-state index in [1.54, 1.807) is 6.07 Å². The Bertz CT molecular complexity index is 1260. The van der Waals surface area contributed by atoms with Crippen molar-refractivity contribution in [3.05, 3.63) is 65.7 Å². The van der Waals surface area contributed by atoms with Crippen LogP contribution in [0.25, 0.3) is 0 Å². The summed E-state index contributed by atoms with van der Waals surface area (Å²) in [6.45, 7) is -6.81. The van der Waals surface area contributed by atoms with Crippen LogP contribution in [0.2, 0.25) is 0 Å². The third-order valence-electron chi connectivity index (χ3n) is 5.75. The summed E-state index contributed by atoms with van der Waals surface area (Å²) in [6.07, 6.45) is -3.97. The summed E-state index contributed by atoms with van der Waals surface area (Å²) in [5.74, 6) is -1.44. The van der Waals surface area contributed by atoms with E-state index in [9.17, 15) is 31.5 Å². The molecule has 0 aliphatic heterocycles.